The van der Waals surface area contributed by atoms with E-state index in [0.29, 0.717) is 19.1 Å². The summed E-state index contributed by atoms with van der Waals surface area (Å²) in [4.78, 5) is 2.01. The molecule has 0 aromatic heterocycles. The molecule has 1 saturated carbocycles. The molecule has 0 radical (unpaired) electrons. The highest BCUT2D eigenvalue weighted by molar-refractivity contribution is 9.10. The van der Waals surface area contributed by atoms with Gasteiger partial charge in [0, 0.05) is 19.1 Å². The Morgan fingerprint density at radius 1 is 1.50 bits per heavy atom. The lowest BCUT2D eigenvalue weighted by Crippen LogP contribution is -2.34. The van der Waals surface area contributed by atoms with Crippen molar-refractivity contribution >= 4 is 31.6 Å². The Hall–Kier alpha value is -0.700. The number of rotatable bonds is 6. The van der Waals surface area contributed by atoms with Crippen LogP contribution in [0.2, 0.25) is 0 Å². The van der Waals surface area contributed by atoms with E-state index >= 15 is 0 Å². The maximum Gasteiger partial charge on any atom is 0.242 e. The van der Waals surface area contributed by atoms with Crippen molar-refractivity contribution in [1.82, 2.24) is 9.62 Å². The summed E-state index contributed by atoms with van der Waals surface area (Å²) in [7, 11) is -1.76. The van der Waals surface area contributed by atoms with Crippen LogP contribution in [0.15, 0.2) is 21.5 Å². The molecule has 1 aliphatic rings. The normalized spacial score (nSPS) is 15.8. The highest BCUT2D eigenvalue weighted by Gasteiger charge is 2.26. The molecule has 1 fully saturated rings. The van der Waals surface area contributed by atoms with Crippen molar-refractivity contribution in [3.63, 3.8) is 0 Å². The van der Waals surface area contributed by atoms with Gasteiger partial charge < -0.3 is 10.6 Å². The van der Waals surface area contributed by atoms with Gasteiger partial charge in [0.05, 0.1) is 10.2 Å². The maximum atomic E-state index is 13.3. The number of sulfonamides is 1. The van der Waals surface area contributed by atoms with Crippen LogP contribution in [0.5, 0.6) is 0 Å². The molecular formula is C12H17BrFN3O2S. The van der Waals surface area contributed by atoms with Crippen molar-refractivity contribution in [3.05, 3.63) is 22.4 Å². The summed E-state index contributed by atoms with van der Waals surface area (Å²) in [5.74, 6) is -0.588. The molecule has 1 aromatic carbocycles. The van der Waals surface area contributed by atoms with Crippen molar-refractivity contribution in [2.24, 2.45) is 0 Å². The zero-order chi connectivity index (χ0) is 14.9. The van der Waals surface area contributed by atoms with Crippen LogP contribution < -0.4 is 10.5 Å². The first-order valence-electron chi connectivity index (χ1n) is 6.25. The van der Waals surface area contributed by atoms with Crippen molar-refractivity contribution in [1.29, 1.82) is 0 Å². The molecule has 3 N–H and O–H groups in total. The van der Waals surface area contributed by atoms with Crippen molar-refractivity contribution < 1.29 is 12.8 Å². The number of likely N-dealkylation sites (N-methyl/N-ethyl adjacent to an activating group) is 1. The van der Waals surface area contributed by atoms with Gasteiger partial charge in [0.25, 0.3) is 0 Å². The number of nitrogens with two attached hydrogens (primary N) is 1. The van der Waals surface area contributed by atoms with Gasteiger partial charge in [0.15, 0.2) is 0 Å². The van der Waals surface area contributed by atoms with Gasteiger partial charge in [-0.15, -0.1) is 0 Å². The first kappa shape index (κ1) is 15.7. The minimum Gasteiger partial charge on any atom is -0.398 e. The van der Waals surface area contributed by atoms with Crippen LogP contribution in [0.25, 0.3) is 0 Å². The number of hydrogen-bond donors (Lipinski definition) is 2. The number of halogens is 2. The van der Waals surface area contributed by atoms with E-state index in [0.717, 1.165) is 6.07 Å². The average Bonchev–Trinajstić information content (AvgIpc) is 3.17. The Labute approximate surface area is 126 Å². The van der Waals surface area contributed by atoms with Gasteiger partial charge >= 0.3 is 0 Å². The van der Waals surface area contributed by atoms with E-state index < -0.39 is 15.8 Å². The largest absolute Gasteiger partial charge is 0.398 e. The van der Waals surface area contributed by atoms with E-state index in [4.69, 9.17) is 5.73 Å². The van der Waals surface area contributed by atoms with E-state index in [9.17, 15) is 12.8 Å². The molecule has 2 rings (SSSR count). The molecule has 20 heavy (non-hydrogen) atoms. The lowest BCUT2D eigenvalue weighted by atomic mass is 10.3. The van der Waals surface area contributed by atoms with Gasteiger partial charge in [-0.1, -0.05) is 0 Å². The highest BCUT2D eigenvalue weighted by Crippen LogP contribution is 2.26. The molecule has 0 bridgehead atoms. The minimum atomic E-state index is -3.73. The summed E-state index contributed by atoms with van der Waals surface area (Å²) in [6.45, 7) is 0.927. The summed E-state index contributed by atoms with van der Waals surface area (Å²) in [5, 5.41) is 0. The number of anilines is 1. The smallest absolute Gasteiger partial charge is 0.242 e. The fourth-order valence-electron chi connectivity index (χ4n) is 1.91. The summed E-state index contributed by atoms with van der Waals surface area (Å²) in [6, 6.07) is 2.75. The van der Waals surface area contributed by atoms with Gasteiger partial charge in [-0.25, -0.2) is 17.5 Å². The highest BCUT2D eigenvalue weighted by atomic mass is 79.9. The second-order valence-corrected chi connectivity index (χ2v) is 7.50. The van der Waals surface area contributed by atoms with Gasteiger partial charge in [0.1, 0.15) is 10.7 Å². The van der Waals surface area contributed by atoms with Crippen LogP contribution in [-0.2, 0) is 10.0 Å². The lowest BCUT2D eigenvalue weighted by molar-refractivity contribution is 0.329. The molecule has 1 aliphatic carbocycles. The van der Waals surface area contributed by atoms with E-state index in [2.05, 4.69) is 25.6 Å². The number of hydrogen-bond acceptors (Lipinski definition) is 4. The second kappa shape index (κ2) is 5.97. The van der Waals surface area contributed by atoms with Crippen LogP contribution in [-0.4, -0.2) is 39.5 Å². The number of benzene rings is 1. The molecule has 112 valence electrons. The van der Waals surface area contributed by atoms with Crippen LogP contribution in [0.1, 0.15) is 12.8 Å². The summed E-state index contributed by atoms with van der Waals surface area (Å²) in [5.41, 5.74) is 5.47. The van der Waals surface area contributed by atoms with E-state index in [1.54, 1.807) is 0 Å². The van der Waals surface area contributed by atoms with Crippen molar-refractivity contribution in [2.45, 2.75) is 23.8 Å². The third-order valence-corrected chi connectivity index (χ3v) is 5.39. The lowest BCUT2D eigenvalue weighted by Gasteiger charge is -2.16. The van der Waals surface area contributed by atoms with Crippen LogP contribution in [0.4, 0.5) is 10.1 Å². The molecular weight excluding hydrogens is 349 g/mol. The van der Waals surface area contributed by atoms with Crippen molar-refractivity contribution in [3.8, 4) is 0 Å². The van der Waals surface area contributed by atoms with E-state index in [-0.39, 0.29) is 15.1 Å². The maximum absolute atomic E-state index is 13.3. The first-order valence-corrected chi connectivity index (χ1v) is 8.53. The number of nitrogens with one attached hydrogen (secondary N) is 1. The van der Waals surface area contributed by atoms with Crippen LogP contribution in [0.3, 0.4) is 0 Å². The third-order valence-electron chi connectivity index (χ3n) is 3.27. The summed E-state index contributed by atoms with van der Waals surface area (Å²) >= 11 is 2.96. The Morgan fingerprint density at radius 2 is 2.15 bits per heavy atom. The standard InChI is InChI=1S/C12H17BrFN3O2S/c1-17(8-2-3-8)5-4-16-20(18,19)12-6-9(13)10(14)7-11(12)15/h6-8,16H,2-5,15H2,1H3. The van der Waals surface area contributed by atoms with Crippen LogP contribution >= 0.6 is 15.9 Å². The molecule has 0 amide bonds. The Bertz CT molecular complexity index is 605. The SMILES string of the molecule is CN(CCNS(=O)(=O)c1cc(Br)c(F)cc1N)C1CC1. The topological polar surface area (TPSA) is 75.4 Å². The molecule has 0 unspecified atom stereocenters. The fraction of sp³-hybridized carbons (Fsp3) is 0.500. The molecule has 0 saturated heterocycles. The molecule has 0 atom stereocenters. The van der Waals surface area contributed by atoms with E-state index in [1.165, 1.54) is 18.9 Å². The Balaban J connectivity index is 2.04. The molecule has 0 spiro atoms. The zero-order valence-electron chi connectivity index (χ0n) is 11.1. The number of nitrogen functional groups attached to an aromatic ring is 1. The molecule has 0 aliphatic heterocycles. The first-order chi connectivity index (χ1) is 9.31. The molecule has 8 heteroatoms. The van der Waals surface area contributed by atoms with Crippen LogP contribution in [0, 0.1) is 5.82 Å². The van der Waals surface area contributed by atoms with Gasteiger partial charge in [-0.05, 0) is 48.0 Å². The van der Waals surface area contributed by atoms with Gasteiger partial charge in [-0.3, -0.25) is 0 Å². The predicted octanol–water partition coefficient (Wildman–Crippen LogP) is 1.54. The van der Waals surface area contributed by atoms with Crippen molar-refractivity contribution in [2.75, 3.05) is 25.9 Å². The quantitative estimate of drug-likeness (QED) is 0.749. The summed E-state index contributed by atoms with van der Waals surface area (Å²) in [6.07, 6.45) is 2.34. The molecule has 5 nitrogen and oxygen atoms in total. The monoisotopic (exact) mass is 365 g/mol. The van der Waals surface area contributed by atoms with Gasteiger partial charge in [0.2, 0.25) is 10.0 Å². The summed E-state index contributed by atoms with van der Waals surface area (Å²) < 4.78 is 40.1. The Morgan fingerprint density at radius 3 is 2.75 bits per heavy atom. The predicted molar refractivity (Wildman–Crippen MR) is 79.4 cm³/mol. The second-order valence-electron chi connectivity index (χ2n) is 4.91. The average molecular weight is 366 g/mol. The fourth-order valence-corrected chi connectivity index (χ4v) is 3.56. The zero-order valence-corrected chi connectivity index (χ0v) is 13.5. The minimum absolute atomic E-state index is 0.0715. The van der Waals surface area contributed by atoms with E-state index in [1.807, 2.05) is 7.05 Å². The van der Waals surface area contributed by atoms with Gasteiger partial charge in [-0.2, -0.15) is 0 Å². The Kier molecular flexibility index (Phi) is 4.68. The number of nitrogens with zero attached hydrogens (tertiary/aromatic N) is 1. The molecule has 1 aromatic rings. The third kappa shape index (κ3) is 3.69. The molecule has 0 heterocycles.